The standard InChI is InChI=1S/C86H82BN3O2/c1-80(2,3)53-37-34-51(35-38-53)52-36-39-68-65(44-52)85(12)40-20-21-41-86(85,13)90(68)54-45-73-77-74(46-54)89(70-31-23-27-58-56-25-15-19-33-76(56)92-79(58)70)72-50-64-63(83(8,9)59-28-16-17-29-60(59)84(64,10)11)48-67(72)87(77)66-47-61-62(82(6,7)43-42-81(61,4)5)49-71(66)88(73)69-30-22-26-57-55-24-14-18-32-75(55)91-78(57)69/h14-19,22-39,44-50H,20-21,40-43H2,1-13H3. The first-order chi connectivity index (χ1) is 44.0. The van der Waals surface area contributed by atoms with Crippen molar-refractivity contribution in [2.45, 2.75) is 167 Å². The number of hydrogen-bond donors (Lipinski definition) is 0. The third-order valence-electron chi connectivity index (χ3n) is 24.5. The van der Waals surface area contributed by atoms with Crippen LogP contribution in [0.3, 0.4) is 0 Å². The zero-order chi connectivity index (χ0) is 63.1. The number of fused-ring (bicyclic) bond motifs is 16. The van der Waals surface area contributed by atoms with Gasteiger partial charge >= 0.3 is 0 Å². The summed E-state index contributed by atoms with van der Waals surface area (Å²) in [5.74, 6) is 0. The van der Waals surface area contributed by atoms with Gasteiger partial charge in [-0.2, -0.15) is 0 Å². The second-order valence-electron chi connectivity index (χ2n) is 32.2. The Balaban J connectivity index is 0.997. The molecule has 456 valence electrons. The summed E-state index contributed by atoms with van der Waals surface area (Å²) in [6.45, 7) is 31.8. The monoisotopic (exact) mass is 1200 g/mol. The predicted octanol–water partition coefficient (Wildman–Crippen LogP) is 21.6. The molecule has 6 aliphatic rings. The van der Waals surface area contributed by atoms with Crippen LogP contribution in [0.15, 0.2) is 197 Å². The fourth-order valence-electron chi connectivity index (χ4n) is 18.9. The fraction of sp³-hybridized carbons (Fsp3) is 0.302. The normalized spacial score (nSPS) is 21.0. The van der Waals surface area contributed by atoms with E-state index in [0.717, 1.165) is 87.4 Å². The van der Waals surface area contributed by atoms with Crippen LogP contribution >= 0.6 is 0 Å². The number of para-hydroxylation sites is 4. The lowest BCUT2D eigenvalue weighted by Gasteiger charge is -2.51. The van der Waals surface area contributed by atoms with Crippen LogP contribution in [0, 0.1) is 0 Å². The Morgan fingerprint density at radius 2 is 0.859 bits per heavy atom. The molecule has 0 N–H and O–H groups in total. The second-order valence-corrected chi connectivity index (χ2v) is 32.2. The molecule has 3 aliphatic heterocycles. The van der Waals surface area contributed by atoms with Gasteiger partial charge in [-0.3, -0.25) is 0 Å². The van der Waals surface area contributed by atoms with Crippen molar-refractivity contribution in [2.75, 3.05) is 14.7 Å². The highest BCUT2D eigenvalue weighted by Crippen LogP contribution is 2.63. The Kier molecular flexibility index (Phi) is 11.3. The summed E-state index contributed by atoms with van der Waals surface area (Å²) in [7, 11) is 0. The Morgan fingerprint density at radius 1 is 0.380 bits per heavy atom. The molecule has 92 heavy (non-hydrogen) atoms. The van der Waals surface area contributed by atoms with E-state index in [1.165, 1.54) is 113 Å². The van der Waals surface area contributed by atoms with Gasteiger partial charge in [0.15, 0.2) is 11.2 Å². The van der Waals surface area contributed by atoms with E-state index in [1.807, 2.05) is 0 Å². The minimum atomic E-state index is -0.311. The average Bonchev–Trinajstić information content (AvgIpc) is 0.948. The summed E-state index contributed by atoms with van der Waals surface area (Å²) in [4.78, 5) is 8.18. The summed E-state index contributed by atoms with van der Waals surface area (Å²) in [6.07, 6.45) is 6.76. The summed E-state index contributed by atoms with van der Waals surface area (Å²) < 4.78 is 14.6. The molecule has 0 spiro atoms. The Labute approximate surface area is 543 Å². The van der Waals surface area contributed by atoms with Crippen molar-refractivity contribution in [1.82, 2.24) is 0 Å². The van der Waals surface area contributed by atoms with Crippen molar-refractivity contribution < 1.29 is 8.83 Å². The van der Waals surface area contributed by atoms with Crippen LogP contribution in [0.4, 0.5) is 45.5 Å². The molecule has 0 saturated heterocycles. The zero-order valence-corrected chi connectivity index (χ0v) is 55.9. The van der Waals surface area contributed by atoms with Gasteiger partial charge in [-0.05, 0) is 182 Å². The van der Waals surface area contributed by atoms with Crippen LogP contribution < -0.4 is 31.1 Å². The molecular formula is C86H82BN3O2. The van der Waals surface area contributed by atoms with Gasteiger partial charge in [0.1, 0.15) is 11.2 Å². The lowest BCUT2D eigenvalue weighted by molar-refractivity contribution is 0.195. The van der Waals surface area contributed by atoms with Gasteiger partial charge in [0.2, 0.25) is 0 Å². The highest BCUT2D eigenvalue weighted by Gasteiger charge is 2.59. The molecule has 0 radical (unpaired) electrons. The second kappa shape index (κ2) is 18.5. The maximum atomic E-state index is 7.30. The first kappa shape index (κ1) is 56.1. The number of benzene rings is 10. The number of anilines is 8. The van der Waals surface area contributed by atoms with Crippen LogP contribution in [0.2, 0.25) is 0 Å². The topological polar surface area (TPSA) is 36.0 Å². The van der Waals surface area contributed by atoms with Crippen molar-refractivity contribution in [3.8, 4) is 11.1 Å². The van der Waals surface area contributed by atoms with Crippen LogP contribution in [0.25, 0.3) is 55.0 Å². The van der Waals surface area contributed by atoms with E-state index in [4.69, 9.17) is 8.83 Å². The van der Waals surface area contributed by atoms with Crippen molar-refractivity contribution in [2.24, 2.45) is 0 Å². The van der Waals surface area contributed by atoms with Gasteiger partial charge in [-0.1, -0.05) is 223 Å². The fourth-order valence-corrected chi connectivity index (χ4v) is 18.9. The Morgan fingerprint density at radius 3 is 1.42 bits per heavy atom. The molecule has 5 nitrogen and oxygen atoms in total. The van der Waals surface area contributed by atoms with Gasteiger partial charge in [0, 0.05) is 71.9 Å². The quantitative estimate of drug-likeness (QED) is 0.164. The molecule has 18 rings (SSSR count). The smallest absolute Gasteiger partial charge is 0.252 e. The molecule has 6 heteroatoms. The molecule has 0 amide bonds. The first-order valence-electron chi connectivity index (χ1n) is 34.1. The summed E-state index contributed by atoms with van der Waals surface area (Å²) in [5, 5.41) is 4.48. The number of hydrogen-bond acceptors (Lipinski definition) is 5. The van der Waals surface area contributed by atoms with Crippen LogP contribution in [-0.4, -0.2) is 12.3 Å². The van der Waals surface area contributed by atoms with Gasteiger partial charge in [-0.15, -0.1) is 0 Å². The van der Waals surface area contributed by atoms with Crippen molar-refractivity contribution in [1.29, 1.82) is 0 Å². The van der Waals surface area contributed by atoms with E-state index in [9.17, 15) is 0 Å². The molecular weight excluding hydrogens is 1120 g/mol. The van der Waals surface area contributed by atoms with Gasteiger partial charge in [0.25, 0.3) is 6.71 Å². The molecule has 1 saturated carbocycles. The molecule has 2 unspecified atom stereocenters. The molecule has 3 aliphatic carbocycles. The van der Waals surface area contributed by atoms with E-state index < -0.39 is 0 Å². The van der Waals surface area contributed by atoms with Crippen LogP contribution in [-0.2, 0) is 32.5 Å². The highest BCUT2D eigenvalue weighted by molar-refractivity contribution is 7.00. The molecule has 10 aromatic carbocycles. The average molecular weight is 1200 g/mol. The van der Waals surface area contributed by atoms with E-state index in [0.29, 0.717) is 0 Å². The van der Waals surface area contributed by atoms with Crippen LogP contribution in [0.5, 0.6) is 0 Å². The molecule has 5 heterocycles. The largest absolute Gasteiger partial charge is 0.454 e. The summed E-state index contributed by atoms with van der Waals surface area (Å²) in [5.41, 5.74) is 29.6. The zero-order valence-electron chi connectivity index (χ0n) is 55.9. The Bertz CT molecular complexity index is 5180. The van der Waals surface area contributed by atoms with E-state index in [-0.39, 0.29) is 44.7 Å². The maximum Gasteiger partial charge on any atom is 0.252 e. The minimum Gasteiger partial charge on any atom is -0.454 e. The van der Waals surface area contributed by atoms with E-state index >= 15 is 0 Å². The molecule has 1 fully saturated rings. The Hall–Kier alpha value is -8.74. The summed E-state index contributed by atoms with van der Waals surface area (Å²) >= 11 is 0. The number of rotatable bonds is 4. The van der Waals surface area contributed by atoms with Crippen molar-refractivity contribution in [3.05, 3.63) is 233 Å². The van der Waals surface area contributed by atoms with E-state index in [1.54, 1.807) is 0 Å². The minimum absolute atomic E-state index is 0.0521. The van der Waals surface area contributed by atoms with Gasteiger partial charge in [-0.25, -0.2) is 0 Å². The lowest BCUT2D eigenvalue weighted by atomic mass is 9.32. The predicted molar refractivity (Wildman–Crippen MR) is 388 cm³/mol. The van der Waals surface area contributed by atoms with Gasteiger partial charge in [0.05, 0.1) is 16.9 Å². The molecule has 0 bridgehead atoms. The SMILES string of the molecule is CC(C)(C)c1ccc(-c2ccc3c(c2)C2(C)CCCCC2(C)N3c2cc3c4c(c2)N(c2cccc5c2oc2ccccc25)c2cc5c(cc2B4c2cc4c(cc2N3c2cccc3c2oc2ccccc23)C(C)(C)CCC4(C)C)C(C)(C)c2ccccc2C5(C)C)cc1. The maximum absolute atomic E-state index is 7.30. The molecule has 2 aromatic heterocycles. The third kappa shape index (κ3) is 7.38. The highest BCUT2D eigenvalue weighted by atomic mass is 16.3. The lowest BCUT2D eigenvalue weighted by Crippen LogP contribution is -2.62. The number of furan rings is 2. The number of nitrogens with zero attached hydrogens (tertiary/aromatic N) is 3. The molecule has 2 atom stereocenters. The van der Waals surface area contributed by atoms with E-state index in [2.05, 4.69) is 293 Å². The summed E-state index contributed by atoms with van der Waals surface area (Å²) in [6, 6.07) is 73.0. The van der Waals surface area contributed by atoms with Crippen molar-refractivity contribution >= 4 is 112 Å². The van der Waals surface area contributed by atoms with Crippen LogP contribution in [0.1, 0.15) is 173 Å². The van der Waals surface area contributed by atoms with Crippen molar-refractivity contribution in [3.63, 3.8) is 0 Å². The third-order valence-corrected chi connectivity index (χ3v) is 24.5. The van der Waals surface area contributed by atoms with Gasteiger partial charge < -0.3 is 23.5 Å². The molecule has 12 aromatic rings. The first-order valence-corrected chi connectivity index (χ1v) is 34.1.